The number of alkyl halides is 3. The highest BCUT2D eigenvalue weighted by Gasteiger charge is 2.64. The Balaban J connectivity index is 1.41. The van der Waals surface area contributed by atoms with Gasteiger partial charge in [-0.1, -0.05) is 48.5 Å². The summed E-state index contributed by atoms with van der Waals surface area (Å²) in [7, 11) is 0.912. The minimum Gasteiger partial charge on any atom is -0.485 e. The Labute approximate surface area is 219 Å². The first-order valence-corrected chi connectivity index (χ1v) is 12.8. The first-order chi connectivity index (χ1) is 18.2. The number of halogens is 3. The SMILES string of the molecule is CO[C@@](C(=O)N1CCC2(CC1)CC(=O)NC[C@@H]2c1ccccc1OC1COC1)(c1ccccc1)C(F)(F)F. The number of carbonyl (C=O) groups excluding carboxylic acids is 2. The number of hydrogen-bond acceptors (Lipinski definition) is 5. The summed E-state index contributed by atoms with van der Waals surface area (Å²) in [5, 5.41) is 2.95. The molecule has 0 aliphatic carbocycles. The summed E-state index contributed by atoms with van der Waals surface area (Å²) in [4.78, 5) is 27.4. The zero-order valence-electron chi connectivity index (χ0n) is 21.1. The van der Waals surface area contributed by atoms with Crippen LogP contribution in [0.4, 0.5) is 13.2 Å². The van der Waals surface area contributed by atoms with Crippen LogP contribution in [0.1, 0.15) is 36.3 Å². The number of hydrogen-bond donors (Lipinski definition) is 1. The second-order valence-corrected chi connectivity index (χ2v) is 10.3. The Hall–Kier alpha value is -3.11. The van der Waals surface area contributed by atoms with Gasteiger partial charge in [0.1, 0.15) is 11.9 Å². The highest BCUT2D eigenvalue weighted by atomic mass is 19.4. The van der Waals surface area contributed by atoms with Gasteiger partial charge in [0.25, 0.3) is 11.5 Å². The van der Waals surface area contributed by atoms with E-state index >= 15 is 0 Å². The normalized spacial score (nSPS) is 23.3. The van der Waals surface area contributed by atoms with Gasteiger partial charge in [0.15, 0.2) is 0 Å². The third kappa shape index (κ3) is 4.53. The van der Waals surface area contributed by atoms with Crippen LogP contribution in [0, 0.1) is 5.41 Å². The monoisotopic (exact) mass is 532 g/mol. The van der Waals surface area contributed by atoms with Gasteiger partial charge in [-0.25, -0.2) is 0 Å². The maximum atomic E-state index is 14.5. The van der Waals surface area contributed by atoms with Crippen LogP contribution in [0.25, 0.3) is 0 Å². The average Bonchev–Trinajstić information content (AvgIpc) is 2.88. The Morgan fingerprint density at radius 1 is 1.05 bits per heavy atom. The number of rotatable bonds is 6. The number of nitrogens with zero attached hydrogens (tertiary/aromatic N) is 1. The molecule has 2 aromatic carbocycles. The standard InChI is InChI=1S/C28H31F3N2O5/c1-36-27(28(29,30)31,19-7-3-2-4-8-19)25(35)33-13-11-26(12-14-33)15-24(34)32-16-22(26)21-9-5-6-10-23(21)38-20-17-37-18-20/h2-10,20,22H,11-18H2,1H3,(H,32,34)/t22-,27-/m1/s1. The van der Waals surface area contributed by atoms with Crippen LogP contribution in [0.3, 0.4) is 0 Å². The minimum atomic E-state index is -4.97. The molecule has 0 unspecified atom stereocenters. The maximum Gasteiger partial charge on any atom is 0.430 e. The van der Waals surface area contributed by atoms with Crippen molar-refractivity contribution < 1.29 is 37.0 Å². The summed E-state index contributed by atoms with van der Waals surface area (Å²) < 4.78 is 59.9. The molecule has 5 rings (SSSR count). The molecule has 10 heteroatoms. The average molecular weight is 533 g/mol. The van der Waals surface area contributed by atoms with Crippen LogP contribution in [0.5, 0.6) is 5.75 Å². The lowest BCUT2D eigenvalue weighted by Crippen LogP contribution is -2.60. The van der Waals surface area contributed by atoms with Crippen molar-refractivity contribution in [2.75, 3.05) is 40.0 Å². The van der Waals surface area contributed by atoms with Crippen molar-refractivity contribution in [3.8, 4) is 5.75 Å². The lowest BCUT2D eigenvalue weighted by Gasteiger charge is -2.50. The predicted molar refractivity (Wildman–Crippen MR) is 131 cm³/mol. The van der Waals surface area contributed by atoms with Crippen molar-refractivity contribution in [1.82, 2.24) is 10.2 Å². The molecule has 2 aromatic rings. The number of para-hydroxylation sites is 1. The lowest BCUT2D eigenvalue weighted by atomic mass is 9.62. The molecule has 0 radical (unpaired) electrons. The molecular weight excluding hydrogens is 501 g/mol. The largest absolute Gasteiger partial charge is 0.485 e. The lowest BCUT2D eigenvalue weighted by molar-refractivity contribution is -0.271. The fourth-order valence-corrected chi connectivity index (χ4v) is 6.02. The van der Waals surface area contributed by atoms with E-state index in [1.54, 1.807) is 6.07 Å². The number of piperidine rings is 2. The topological polar surface area (TPSA) is 77.1 Å². The minimum absolute atomic E-state index is 0.0349. The highest BCUT2D eigenvalue weighted by molar-refractivity contribution is 5.88. The fraction of sp³-hybridized carbons (Fsp3) is 0.500. The van der Waals surface area contributed by atoms with Gasteiger partial charge in [-0.05, 0) is 29.9 Å². The Morgan fingerprint density at radius 3 is 2.32 bits per heavy atom. The summed E-state index contributed by atoms with van der Waals surface area (Å²) in [6, 6.07) is 14.7. The highest BCUT2D eigenvalue weighted by Crippen LogP contribution is 2.52. The van der Waals surface area contributed by atoms with E-state index < -0.39 is 23.1 Å². The van der Waals surface area contributed by atoms with Crippen LogP contribution in [0.2, 0.25) is 0 Å². The van der Waals surface area contributed by atoms with E-state index in [2.05, 4.69) is 5.32 Å². The molecule has 1 spiro atoms. The first-order valence-electron chi connectivity index (χ1n) is 12.8. The summed E-state index contributed by atoms with van der Waals surface area (Å²) >= 11 is 0. The van der Waals surface area contributed by atoms with Crippen molar-refractivity contribution in [2.24, 2.45) is 5.41 Å². The molecule has 0 aromatic heterocycles. The van der Waals surface area contributed by atoms with Crippen molar-refractivity contribution in [2.45, 2.75) is 43.1 Å². The molecule has 1 N–H and O–H groups in total. The number of ether oxygens (including phenoxy) is 3. The Morgan fingerprint density at radius 2 is 1.71 bits per heavy atom. The van der Waals surface area contributed by atoms with E-state index in [0.717, 1.165) is 18.4 Å². The summed E-state index contributed by atoms with van der Waals surface area (Å²) in [6.07, 6.45) is -4.01. The smallest absolute Gasteiger partial charge is 0.430 e. The Bertz CT molecular complexity index is 1160. The molecule has 0 saturated carbocycles. The summed E-state index contributed by atoms with van der Waals surface area (Å²) in [5.41, 5.74) is -2.94. The molecular formula is C28H31F3N2O5. The molecule has 2 atom stereocenters. The van der Waals surface area contributed by atoms with Crippen LogP contribution >= 0.6 is 0 Å². The van der Waals surface area contributed by atoms with Gasteiger partial charge in [0, 0.05) is 44.6 Å². The summed E-state index contributed by atoms with van der Waals surface area (Å²) in [6.45, 7) is 1.58. The van der Waals surface area contributed by atoms with Crippen molar-refractivity contribution >= 4 is 11.8 Å². The van der Waals surface area contributed by atoms with Crippen LogP contribution in [0.15, 0.2) is 54.6 Å². The van der Waals surface area contributed by atoms with Gasteiger partial charge >= 0.3 is 6.18 Å². The van der Waals surface area contributed by atoms with E-state index in [1.807, 2.05) is 24.3 Å². The second kappa shape index (κ2) is 10.2. The molecule has 3 aliphatic heterocycles. The molecule has 3 aliphatic rings. The second-order valence-electron chi connectivity index (χ2n) is 10.3. The van der Waals surface area contributed by atoms with Gasteiger partial charge in [0.2, 0.25) is 5.91 Å². The van der Waals surface area contributed by atoms with Gasteiger partial charge < -0.3 is 24.4 Å². The van der Waals surface area contributed by atoms with Crippen molar-refractivity contribution in [3.63, 3.8) is 0 Å². The van der Waals surface area contributed by atoms with Crippen molar-refractivity contribution in [3.05, 3.63) is 65.7 Å². The number of methoxy groups -OCH3 is 1. The molecule has 3 heterocycles. The number of benzene rings is 2. The maximum absolute atomic E-state index is 14.5. The molecule has 0 bridgehead atoms. The summed E-state index contributed by atoms with van der Waals surface area (Å²) in [5.74, 6) is -0.630. The molecule has 3 saturated heterocycles. The van der Waals surface area contributed by atoms with Crippen LogP contribution in [-0.2, 0) is 24.7 Å². The van der Waals surface area contributed by atoms with E-state index in [4.69, 9.17) is 14.2 Å². The fourth-order valence-electron chi connectivity index (χ4n) is 6.02. The van der Waals surface area contributed by atoms with E-state index in [-0.39, 0.29) is 43.0 Å². The molecule has 3 fully saturated rings. The third-order valence-electron chi connectivity index (χ3n) is 8.18. The molecule has 38 heavy (non-hydrogen) atoms. The first kappa shape index (κ1) is 26.5. The number of amides is 2. The van der Waals surface area contributed by atoms with E-state index in [1.165, 1.54) is 29.2 Å². The van der Waals surface area contributed by atoms with Crippen LogP contribution < -0.4 is 10.1 Å². The zero-order valence-corrected chi connectivity index (χ0v) is 21.1. The Kier molecular flexibility index (Phi) is 7.13. The third-order valence-corrected chi connectivity index (χ3v) is 8.18. The van der Waals surface area contributed by atoms with Gasteiger partial charge in [-0.2, -0.15) is 13.2 Å². The van der Waals surface area contributed by atoms with E-state index in [9.17, 15) is 22.8 Å². The number of likely N-dealkylation sites (tertiary alicyclic amines) is 1. The van der Waals surface area contributed by atoms with Gasteiger partial charge in [-0.3, -0.25) is 9.59 Å². The number of nitrogens with one attached hydrogen (secondary N) is 1. The molecule has 7 nitrogen and oxygen atoms in total. The van der Waals surface area contributed by atoms with Gasteiger partial charge in [0.05, 0.1) is 13.2 Å². The zero-order chi connectivity index (χ0) is 27.0. The van der Waals surface area contributed by atoms with E-state index in [0.29, 0.717) is 32.6 Å². The van der Waals surface area contributed by atoms with Crippen LogP contribution in [-0.4, -0.2) is 69.0 Å². The quantitative estimate of drug-likeness (QED) is 0.613. The predicted octanol–water partition coefficient (Wildman–Crippen LogP) is 3.78. The molecule has 204 valence electrons. The van der Waals surface area contributed by atoms with Crippen molar-refractivity contribution in [1.29, 1.82) is 0 Å². The van der Waals surface area contributed by atoms with Gasteiger partial charge in [-0.15, -0.1) is 0 Å². The number of carbonyl (C=O) groups is 2. The molecule has 2 amide bonds.